The first-order valence-corrected chi connectivity index (χ1v) is 6.86. The molecule has 0 aliphatic heterocycles. The molecule has 2 aromatic heterocycles. The van der Waals surface area contributed by atoms with Gasteiger partial charge in [-0.2, -0.15) is 16.3 Å². The van der Waals surface area contributed by atoms with Gasteiger partial charge in [-0.25, -0.2) is 0 Å². The van der Waals surface area contributed by atoms with Crippen LogP contribution in [0.15, 0.2) is 21.3 Å². The predicted molar refractivity (Wildman–Crippen MR) is 67.1 cm³/mol. The second kappa shape index (κ2) is 4.58. The lowest BCUT2D eigenvalue weighted by Crippen LogP contribution is -2.27. The summed E-state index contributed by atoms with van der Waals surface area (Å²) >= 11 is 1.65. The van der Waals surface area contributed by atoms with Gasteiger partial charge >= 0.3 is 0 Å². The average Bonchev–Trinajstić information content (AvgIpc) is 3.09. The number of rotatable bonds is 3. The third-order valence-electron chi connectivity index (χ3n) is 3.43. The summed E-state index contributed by atoms with van der Waals surface area (Å²) in [7, 11) is 2.00. The van der Waals surface area contributed by atoms with Gasteiger partial charge in [0.05, 0.1) is 5.92 Å². The Bertz CT molecular complexity index is 480. The van der Waals surface area contributed by atoms with Gasteiger partial charge in [0.15, 0.2) is 0 Å². The normalized spacial score (nSPS) is 24.3. The van der Waals surface area contributed by atoms with E-state index >= 15 is 0 Å². The van der Waals surface area contributed by atoms with Crippen LogP contribution in [0.3, 0.4) is 0 Å². The van der Waals surface area contributed by atoms with E-state index in [9.17, 15) is 0 Å². The van der Waals surface area contributed by atoms with Crippen molar-refractivity contribution in [1.82, 2.24) is 15.5 Å². The highest BCUT2D eigenvalue weighted by Gasteiger charge is 2.31. The van der Waals surface area contributed by atoms with Crippen molar-refractivity contribution in [2.24, 2.45) is 0 Å². The first-order valence-electron chi connectivity index (χ1n) is 5.92. The number of aromatic nitrogens is 2. The molecule has 1 aliphatic rings. The lowest BCUT2D eigenvalue weighted by atomic mass is 10.0. The van der Waals surface area contributed by atoms with Crippen molar-refractivity contribution in [2.45, 2.75) is 31.2 Å². The van der Waals surface area contributed by atoms with Gasteiger partial charge in [0.2, 0.25) is 11.7 Å². The molecule has 90 valence electrons. The standard InChI is InChI=1S/C12H15N3OS/c1-13-10-4-2-3-9(10)12-14-11(15-16-12)8-5-6-17-7-8/h5-7,9-10,13H,2-4H2,1H3. The fourth-order valence-corrected chi connectivity index (χ4v) is 3.13. The van der Waals surface area contributed by atoms with Crippen LogP contribution in [-0.4, -0.2) is 23.2 Å². The minimum atomic E-state index is 0.375. The molecule has 0 spiro atoms. The van der Waals surface area contributed by atoms with Crippen molar-refractivity contribution in [2.75, 3.05) is 7.05 Å². The Morgan fingerprint density at radius 2 is 2.41 bits per heavy atom. The van der Waals surface area contributed by atoms with Crippen LogP contribution in [0.1, 0.15) is 31.1 Å². The summed E-state index contributed by atoms with van der Waals surface area (Å²) in [6, 6.07) is 2.49. The summed E-state index contributed by atoms with van der Waals surface area (Å²) in [5.41, 5.74) is 1.05. The highest BCUT2D eigenvalue weighted by atomic mass is 32.1. The molecule has 2 unspecified atom stereocenters. The summed E-state index contributed by atoms with van der Waals surface area (Å²) in [5.74, 6) is 1.87. The second-order valence-electron chi connectivity index (χ2n) is 4.40. The van der Waals surface area contributed by atoms with Gasteiger partial charge in [-0.05, 0) is 31.3 Å². The quantitative estimate of drug-likeness (QED) is 0.908. The van der Waals surface area contributed by atoms with Crippen molar-refractivity contribution >= 4 is 11.3 Å². The topological polar surface area (TPSA) is 51.0 Å². The predicted octanol–water partition coefficient (Wildman–Crippen LogP) is 2.65. The van der Waals surface area contributed by atoms with E-state index < -0.39 is 0 Å². The summed E-state index contributed by atoms with van der Waals surface area (Å²) < 4.78 is 5.41. The largest absolute Gasteiger partial charge is 0.339 e. The van der Waals surface area contributed by atoms with Crippen molar-refractivity contribution in [3.05, 3.63) is 22.7 Å². The van der Waals surface area contributed by atoms with E-state index in [1.54, 1.807) is 11.3 Å². The molecule has 0 aromatic carbocycles. The van der Waals surface area contributed by atoms with Crippen LogP contribution in [0.5, 0.6) is 0 Å². The molecule has 1 fully saturated rings. The number of nitrogens with one attached hydrogen (secondary N) is 1. The summed E-state index contributed by atoms with van der Waals surface area (Å²) in [5, 5.41) is 11.5. The molecule has 1 N–H and O–H groups in total. The van der Waals surface area contributed by atoms with E-state index in [1.165, 1.54) is 12.8 Å². The molecular weight excluding hydrogens is 234 g/mol. The van der Waals surface area contributed by atoms with E-state index in [4.69, 9.17) is 4.52 Å². The van der Waals surface area contributed by atoms with Crippen LogP contribution in [0.4, 0.5) is 0 Å². The van der Waals surface area contributed by atoms with E-state index in [0.29, 0.717) is 17.8 Å². The van der Waals surface area contributed by atoms with Gasteiger partial charge < -0.3 is 9.84 Å². The molecule has 0 bridgehead atoms. The Balaban J connectivity index is 1.85. The number of likely N-dealkylation sites (N-methyl/N-ethyl adjacent to an activating group) is 1. The zero-order valence-corrected chi connectivity index (χ0v) is 10.5. The molecule has 0 radical (unpaired) electrons. The molecule has 3 rings (SSSR count). The van der Waals surface area contributed by atoms with E-state index in [0.717, 1.165) is 17.9 Å². The third-order valence-corrected chi connectivity index (χ3v) is 4.11. The molecule has 0 saturated heterocycles. The minimum Gasteiger partial charge on any atom is -0.339 e. The summed E-state index contributed by atoms with van der Waals surface area (Å²) in [4.78, 5) is 4.52. The molecule has 2 aromatic rings. The van der Waals surface area contributed by atoms with Gasteiger partial charge in [0.1, 0.15) is 0 Å². The van der Waals surface area contributed by atoms with Gasteiger partial charge in [0, 0.05) is 17.0 Å². The lowest BCUT2D eigenvalue weighted by molar-refractivity contribution is 0.335. The molecular formula is C12H15N3OS. The number of nitrogens with zero attached hydrogens (tertiary/aromatic N) is 2. The zero-order valence-electron chi connectivity index (χ0n) is 9.72. The maximum absolute atomic E-state index is 5.41. The van der Waals surface area contributed by atoms with Crippen LogP contribution >= 0.6 is 11.3 Å². The third kappa shape index (κ3) is 2.00. The molecule has 5 heteroatoms. The molecule has 4 nitrogen and oxygen atoms in total. The maximum Gasteiger partial charge on any atom is 0.231 e. The number of hydrogen-bond donors (Lipinski definition) is 1. The van der Waals surface area contributed by atoms with Gasteiger partial charge in [-0.3, -0.25) is 0 Å². The van der Waals surface area contributed by atoms with E-state index in [1.807, 2.05) is 23.9 Å². The van der Waals surface area contributed by atoms with Crippen LogP contribution in [0.25, 0.3) is 11.4 Å². The molecule has 0 amide bonds. The smallest absolute Gasteiger partial charge is 0.231 e. The van der Waals surface area contributed by atoms with Crippen LogP contribution in [0.2, 0.25) is 0 Å². The SMILES string of the molecule is CNC1CCCC1c1nc(-c2ccsc2)no1. The Morgan fingerprint density at radius 1 is 1.47 bits per heavy atom. The highest BCUT2D eigenvalue weighted by Crippen LogP contribution is 2.34. The van der Waals surface area contributed by atoms with Crippen molar-refractivity contribution < 1.29 is 4.52 Å². The lowest BCUT2D eigenvalue weighted by Gasteiger charge is -2.14. The van der Waals surface area contributed by atoms with Crippen molar-refractivity contribution in [1.29, 1.82) is 0 Å². The highest BCUT2D eigenvalue weighted by molar-refractivity contribution is 7.08. The van der Waals surface area contributed by atoms with Crippen LogP contribution < -0.4 is 5.32 Å². The molecule has 2 heterocycles. The van der Waals surface area contributed by atoms with Crippen LogP contribution in [0, 0.1) is 0 Å². The van der Waals surface area contributed by atoms with Gasteiger partial charge in [-0.1, -0.05) is 11.6 Å². The van der Waals surface area contributed by atoms with Crippen molar-refractivity contribution in [3.63, 3.8) is 0 Å². The molecule has 1 aliphatic carbocycles. The molecule has 1 saturated carbocycles. The summed E-state index contributed by atoms with van der Waals surface area (Å²) in [6.07, 6.45) is 3.56. The fraction of sp³-hybridized carbons (Fsp3) is 0.500. The Hall–Kier alpha value is -1.20. The van der Waals surface area contributed by atoms with E-state index in [2.05, 4.69) is 15.5 Å². The van der Waals surface area contributed by atoms with Crippen molar-refractivity contribution in [3.8, 4) is 11.4 Å². The zero-order chi connectivity index (χ0) is 11.7. The molecule has 17 heavy (non-hydrogen) atoms. The number of hydrogen-bond acceptors (Lipinski definition) is 5. The monoisotopic (exact) mass is 249 g/mol. The van der Waals surface area contributed by atoms with Gasteiger partial charge in [0.25, 0.3) is 0 Å². The Kier molecular flexibility index (Phi) is 2.94. The second-order valence-corrected chi connectivity index (χ2v) is 5.18. The first-order chi connectivity index (χ1) is 8.38. The number of thiophene rings is 1. The maximum atomic E-state index is 5.41. The first kappa shape index (κ1) is 10.9. The Morgan fingerprint density at radius 3 is 3.18 bits per heavy atom. The van der Waals surface area contributed by atoms with E-state index in [-0.39, 0.29) is 0 Å². The fourth-order valence-electron chi connectivity index (χ4n) is 2.50. The van der Waals surface area contributed by atoms with Crippen LogP contribution in [-0.2, 0) is 0 Å². The van der Waals surface area contributed by atoms with Gasteiger partial charge in [-0.15, -0.1) is 0 Å². The Labute approximate surface area is 104 Å². The molecule has 2 atom stereocenters. The average molecular weight is 249 g/mol. The minimum absolute atomic E-state index is 0.375. The summed E-state index contributed by atoms with van der Waals surface area (Å²) in [6.45, 7) is 0.